The molecule has 3 N–H and O–H groups in total. The summed E-state index contributed by atoms with van der Waals surface area (Å²) >= 11 is 0. The minimum atomic E-state index is -0.273. The smallest absolute Gasteiger partial charge is 0.253 e. The van der Waals surface area contributed by atoms with Gasteiger partial charge in [0, 0.05) is 73.4 Å². The minimum Gasteiger partial charge on any atom is -0.384 e. The van der Waals surface area contributed by atoms with Crippen molar-refractivity contribution in [3.8, 4) is 0 Å². The first-order chi connectivity index (χ1) is 17.8. The summed E-state index contributed by atoms with van der Waals surface area (Å²) in [5, 5.41) is 6.39. The molecule has 9 nitrogen and oxygen atoms in total. The van der Waals surface area contributed by atoms with E-state index in [4.69, 9.17) is 4.74 Å². The zero-order valence-corrected chi connectivity index (χ0v) is 22.4. The van der Waals surface area contributed by atoms with Crippen LogP contribution in [-0.2, 0) is 16.1 Å². The van der Waals surface area contributed by atoms with Gasteiger partial charge in [-0.2, -0.15) is 0 Å². The third-order valence-electron chi connectivity index (χ3n) is 7.20. The number of hydrogen-bond donors (Lipinski definition) is 3. The third kappa shape index (κ3) is 6.59. The van der Waals surface area contributed by atoms with E-state index in [-0.39, 0.29) is 29.8 Å². The Labute approximate surface area is 218 Å². The fourth-order valence-corrected chi connectivity index (χ4v) is 4.86. The number of nitrogens with zero attached hydrogens (tertiary/aromatic N) is 2. The Morgan fingerprint density at radius 2 is 1.86 bits per heavy atom. The third-order valence-corrected chi connectivity index (χ3v) is 7.20. The lowest BCUT2D eigenvalue weighted by Gasteiger charge is -2.27. The van der Waals surface area contributed by atoms with E-state index in [9.17, 15) is 14.4 Å². The number of carbonyl (C=O) groups is 2. The predicted octanol–water partition coefficient (Wildman–Crippen LogP) is 2.74. The van der Waals surface area contributed by atoms with Gasteiger partial charge in [-0.3, -0.25) is 19.3 Å². The Balaban J connectivity index is 1.57. The maximum absolute atomic E-state index is 13.4. The van der Waals surface area contributed by atoms with Crippen LogP contribution in [-0.4, -0.2) is 67.6 Å². The largest absolute Gasteiger partial charge is 0.384 e. The number of anilines is 2. The van der Waals surface area contributed by atoms with E-state index in [0.717, 1.165) is 73.9 Å². The van der Waals surface area contributed by atoms with Gasteiger partial charge in [0.15, 0.2) is 0 Å². The standard InChI is InChI=1S/C28H39N5O4/c1-5-33(28(36)21-6-7-21)25-16-22(29-8-9-32-10-12-37-13-11-32)15-23(20(25)4)26(34)30-17-24-18(2)14-19(3)31-27(24)35/h14-16,21,29H,5-13,17H2,1-4H3,(H,30,34)(H,31,35). The number of amides is 2. The molecule has 1 saturated heterocycles. The molecular weight excluding hydrogens is 470 g/mol. The van der Waals surface area contributed by atoms with Crippen molar-refractivity contribution in [3.05, 3.63) is 56.5 Å². The molecule has 200 valence electrons. The molecule has 37 heavy (non-hydrogen) atoms. The monoisotopic (exact) mass is 509 g/mol. The van der Waals surface area contributed by atoms with Gasteiger partial charge in [0.1, 0.15) is 0 Å². The maximum atomic E-state index is 13.4. The number of ether oxygens (including phenoxy) is 1. The second kappa shape index (κ2) is 11.9. The lowest BCUT2D eigenvalue weighted by Crippen LogP contribution is -2.39. The second-order valence-corrected chi connectivity index (χ2v) is 10.0. The molecule has 9 heteroatoms. The van der Waals surface area contributed by atoms with Gasteiger partial charge >= 0.3 is 0 Å². The number of morpholine rings is 1. The van der Waals surface area contributed by atoms with Crippen LogP contribution < -0.4 is 21.1 Å². The lowest BCUT2D eigenvalue weighted by atomic mass is 10.0. The molecule has 0 unspecified atom stereocenters. The van der Waals surface area contributed by atoms with Crippen LogP contribution in [0.1, 0.15) is 52.5 Å². The van der Waals surface area contributed by atoms with Crippen molar-refractivity contribution in [2.75, 3.05) is 56.2 Å². The number of aryl methyl sites for hydroxylation is 2. The minimum absolute atomic E-state index is 0.0748. The highest BCUT2D eigenvalue weighted by Crippen LogP contribution is 2.35. The van der Waals surface area contributed by atoms with E-state index >= 15 is 0 Å². The molecule has 2 aromatic rings. The van der Waals surface area contributed by atoms with E-state index < -0.39 is 0 Å². The summed E-state index contributed by atoms with van der Waals surface area (Å²) < 4.78 is 5.43. The molecule has 2 aliphatic rings. The molecule has 0 radical (unpaired) electrons. The molecule has 0 bridgehead atoms. The Morgan fingerprint density at radius 3 is 2.51 bits per heavy atom. The SMILES string of the molecule is CCN(C(=O)C1CC1)c1cc(NCCN2CCOCC2)cc(C(=O)NCc2c(C)cc(C)[nH]c2=O)c1C. The summed E-state index contributed by atoms with van der Waals surface area (Å²) in [6.07, 6.45) is 1.84. The Hall–Kier alpha value is -3.17. The highest BCUT2D eigenvalue weighted by molar-refractivity contribution is 6.02. The normalized spacial score (nSPS) is 15.9. The van der Waals surface area contributed by atoms with Crippen molar-refractivity contribution in [3.63, 3.8) is 0 Å². The molecule has 2 fully saturated rings. The van der Waals surface area contributed by atoms with Crippen molar-refractivity contribution in [2.24, 2.45) is 5.92 Å². The zero-order valence-electron chi connectivity index (χ0n) is 22.4. The first kappa shape index (κ1) is 26.9. The molecule has 2 heterocycles. The maximum Gasteiger partial charge on any atom is 0.253 e. The summed E-state index contributed by atoms with van der Waals surface area (Å²) in [6, 6.07) is 5.72. The molecule has 1 aromatic heterocycles. The number of rotatable bonds is 10. The highest BCUT2D eigenvalue weighted by Gasteiger charge is 2.34. The quantitative estimate of drug-likeness (QED) is 0.455. The predicted molar refractivity (Wildman–Crippen MR) is 145 cm³/mol. The average Bonchev–Trinajstić information content (AvgIpc) is 3.71. The summed E-state index contributed by atoms with van der Waals surface area (Å²) in [4.78, 5) is 45.8. The van der Waals surface area contributed by atoms with Crippen LogP contribution in [0.5, 0.6) is 0 Å². The van der Waals surface area contributed by atoms with Crippen LogP contribution in [0.15, 0.2) is 23.0 Å². The molecule has 4 rings (SSSR count). The van der Waals surface area contributed by atoms with Gasteiger partial charge in [-0.05, 0) is 69.9 Å². The number of nitrogens with one attached hydrogen (secondary N) is 3. The number of H-pyrrole nitrogens is 1. The summed E-state index contributed by atoms with van der Waals surface area (Å²) in [5.41, 5.74) is 4.77. The van der Waals surface area contributed by atoms with Crippen LogP contribution in [0.4, 0.5) is 11.4 Å². The number of hydrogen-bond acceptors (Lipinski definition) is 6. The first-order valence-corrected chi connectivity index (χ1v) is 13.3. The van der Waals surface area contributed by atoms with E-state index in [0.29, 0.717) is 24.2 Å². The van der Waals surface area contributed by atoms with E-state index in [1.54, 1.807) is 4.90 Å². The number of benzene rings is 1. The molecule has 2 amide bonds. The zero-order chi connectivity index (χ0) is 26.5. The summed E-state index contributed by atoms with van der Waals surface area (Å²) in [7, 11) is 0. The number of aromatic nitrogens is 1. The van der Waals surface area contributed by atoms with Crippen LogP contribution in [0.25, 0.3) is 0 Å². The van der Waals surface area contributed by atoms with Crippen molar-refractivity contribution in [1.82, 2.24) is 15.2 Å². The Morgan fingerprint density at radius 1 is 1.14 bits per heavy atom. The molecule has 0 spiro atoms. The summed E-state index contributed by atoms with van der Waals surface area (Å²) in [6.45, 7) is 13.1. The number of carbonyl (C=O) groups excluding carboxylic acids is 2. The van der Waals surface area contributed by atoms with Crippen molar-refractivity contribution in [1.29, 1.82) is 0 Å². The van der Waals surface area contributed by atoms with Gasteiger partial charge in [0.25, 0.3) is 11.5 Å². The van der Waals surface area contributed by atoms with Gasteiger partial charge < -0.3 is 25.3 Å². The van der Waals surface area contributed by atoms with E-state index in [2.05, 4.69) is 20.5 Å². The molecular formula is C28H39N5O4. The molecule has 1 aliphatic heterocycles. The van der Waals surface area contributed by atoms with Gasteiger partial charge in [-0.1, -0.05) is 0 Å². The van der Waals surface area contributed by atoms with Crippen LogP contribution in [0, 0.1) is 26.7 Å². The van der Waals surface area contributed by atoms with Crippen LogP contribution >= 0.6 is 0 Å². The number of pyridine rings is 1. The Kier molecular flexibility index (Phi) is 8.66. The fraction of sp³-hybridized carbons (Fsp3) is 0.536. The fourth-order valence-electron chi connectivity index (χ4n) is 4.86. The van der Waals surface area contributed by atoms with E-state index in [1.165, 1.54) is 0 Å². The summed E-state index contributed by atoms with van der Waals surface area (Å²) in [5.74, 6) is -0.0834. The molecule has 1 aliphatic carbocycles. The van der Waals surface area contributed by atoms with Crippen molar-refractivity contribution < 1.29 is 14.3 Å². The van der Waals surface area contributed by atoms with E-state index in [1.807, 2.05) is 45.9 Å². The molecule has 1 aromatic carbocycles. The first-order valence-electron chi connectivity index (χ1n) is 13.3. The topological polar surface area (TPSA) is 107 Å². The van der Waals surface area contributed by atoms with Crippen LogP contribution in [0.2, 0.25) is 0 Å². The lowest BCUT2D eigenvalue weighted by molar-refractivity contribution is -0.119. The van der Waals surface area contributed by atoms with Crippen molar-refractivity contribution >= 4 is 23.2 Å². The average molecular weight is 510 g/mol. The van der Waals surface area contributed by atoms with Gasteiger partial charge in [-0.15, -0.1) is 0 Å². The molecule has 0 atom stereocenters. The highest BCUT2D eigenvalue weighted by atomic mass is 16.5. The Bertz CT molecular complexity index is 1200. The van der Waals surface area contributed by atoms with Crippen LogP contribution in [0.3, 0.4) is 0 Å². The van der Waals surface area contributed by atoms with Gasteiger partial charge in [-0.25, -0.2) is 0 Å². The molecule has 1 saturated carbocycles. The van der Waals surface area contributed by atoms with Crippen molar-refractivity contribution in [2.45, 2.75) is 47.1 Å². The second-order valence-electron chi connectivity index (χ2n) is 10.0. The van der Waals surface area contributed by atoms with Gasteiger partial charge in [0.05, 0.1) is 13.2 Å². The van der Waals surface area contributed by atoms with Gasteiger partial charge in [0.2, 0.25) is 5.91 Å². The number of aromatic amines is 1.